The molecule has 128 valence electrons. The van der Waals surface area contributed by atoms with Gasteiger partial charge >= 0.3 is 0 Å². The molecule has 1 saturated heterocycles. The van der Waals surface area contributed by atoms with Gasteiger partial charge in [0.1, 0.15) is 0 Å². The van der Waals surface area contributed by atoms with Crippen LogP contribution in [0.25, 0.3) is 6.08 Å². The average molecular weight is 349 g/mol. The normalized spacial score (nSPS) is 34.2. The fourth-order valence-corrected chi connectivity index (χ4v) is 5.60. The molecule has 0 aromatic heterocycles. The maximum absolute atomic E-state index is 6.54. The molecule has 2 aliphatic carbocycles. The predicted octanol–water partition coefficient (Wildman–Crippen LogP) is 3.50. The number of rotatable bonds is 3. The molecule has 3 atom stereocenters. The molecule has 5 rings (SSSR count). The lowest BCUT2D eigenvalue weighted by Gasteiger charge is -2.51. The SMILES string of the molecule is COc1ccc2c3c1O[C@H]1C4(CCC(C=C2)[C@@]31CCCl)OCCO4. The minimum atomic E-state index is -0.658. The first-order valence-electron chi connectivity index (χ1n) is 8.65. The molecule has 4 nitrogen and oxygen atoms in total. The van der Waals surface area contributed by atoms with E-state index in [0.29, 0.717) is 25.0 Å². The Hall–Kier alpha value is -1.23. The number of fused-ring (bicyclic) bond motifs is 1. The Morgan fingerprint density at radius 3 is 2.88 bits per heavy atom. The molecule has 1 saturated carbocycles. The van der Waals surface area contributed by atoms with Crippen LogP contribution in [-0.2, 0) is 14.9 Å². The van der Waals surface area contributed by atoms with E-state index in [9.17, 15) is 0 Å². The molecular formula is C19H21ClO4. The molecule has 2 fully saturated rings. The molecule has 1 spiro atoms. The third kappa shape index (κ3) is 1.67. The van der Waals surface area contributed by atoms with Crippen LogP contribution in [0.5, 0.6) is 11.5 Å². The van der Waals surface area contributed by atoms with Crippen LogP contribution in [-0.4, -0.2) is 38.1 Å². The van der Waals surface area contributed by atoms with Crippen LogP contribution in [0, 0.1) is 5.92 Å². The fraction of sp³-hybridized carbons (Fsp3) is 0.579. The van der Waals surface area contributed by atoms with Crippen LogP contribution in [0.2, 0.25) is 0 Å². The minimum absolute atomic E-state index is 0.181. The van der Waals surface area contributed by atoms with E-state index >= 15 is 0 Å². The molecule has 1 aromatic carbocycles. The first kappa shape index (κ1) is 15.1. The Bertz CT molecular complexity index is 710. The summed E-state index contributed by atoms with van der Waals surface area (Å²) in [5, 5.41) is 0. The lowest BCUT2D eigenvalue weighted by molar-refractivity contribution is -0.247. The standard InChI is InChI=1S/C19H21ClO4/c1-21-14-5-3-12-2-4-13-6-7-19(22-10-11-23-19)17-18(13,8-9-20)15(12)16(14)24-17/h2-5,13,17H,6-11H2,1H3/t13?,17-,18+/m1/s1. The number of ether oxygens (including phenoxy) is 4. The van der Waals surface area contributed by atoms with E-state index in [4.69, 9.17) is 30.5 Å². The van der Waals surface area contributed by atoms with E-state index in [1.165, 1.54) is 11.1 Å². The highest BCUT2D eigenvalue weighted by Gasteiger charge is 2.67. The van der Waals surface area contributed by atoms with Gasteiger partial charge < -0.3 is 18.9 Å². The van der Waals surface area contributed by atoms with Gasteiger partial charge in [-0.3, -0.25) is 0 Å². The van der Waals surface area contributed by atoms with Gasteiger partial charge in [0.25, 0.3) is 0 Å². The highest BCUT2D eigenvalue weighted by molar-refractivity contribution is 6.17. The molecule has 5 heteroatoms. The van der Waals surface area contributed by atoms with E-state index in [0.717, 1.165) is 30.8 Å². The molecule has 0 N–H and O–H groups in total. The van der Waals surface area contributed by atoms with Crippen LogP contribution in [0.4, 0.5) is 0 Å². The Morgan fingerprint density at radius 2 is 2.12 bits per heavy atom. The van der Waals surface area contributed by atoms with Crippen molar-refractivity contribution in [3.8, 4) is 11.5 Å². The summed E-state index contributed by atoms with van der Waals surface area (Å²) in [6.07, 6.45) is 7.08. The van der Waals surface area contributed by atoms with E-state index in [2.05, 4.69) is 18.2 Å². The van der Waals surface area contributed by atoms with Crippen molar-refractivity contribution >= 4 is 17.7 Å². The van der Waals surface area contributed by atoms with Crippen LogP contribution >= 0.6 is 11.6 Å². The first-order chi connectivity index (χ1) is 11.7. The molecule has 2 aliphatic heterocycles. The molecular weight excluding hydrogens is 328 g/mol. The van der Waals surface area contributed by atoms with Crippen molar-refractivity contribution < 1.29 is 18.9 Å². The van der Waals surface area contributed by atoms with Crippen molar-refractivity contribution in [3.05, 3.63) is 29.3 Å². The summed E-state index contributed by atoms with van der Waals surface area (Å²) in [5.41, 5.74) is 2.24. The second kappa shape index (κ2) is 5.13. The maximum Gasteiger partial charge on any atom is 0.206 e. The fourth-order valence-electron chi connectivity index (χ4n) is 5.29. The molecule has 0 bridgehead atoms. The number of allylic oxidation sites excluding steroid dienone is 1. The number of hydrogen-bond donors (Lipinski definition) is 0. The second-order valence-electron chi connectivity index (χ2n) is 7.05. The van der Waals surface area contributed by atoms with Crippen LogP contribution in [0.15, 0.2) is 18.2 Å². The summed E-state index contributed by atoms with van der Waals surface area (Å²) in [7, 11) is 1.69. The number of halogens is 1. The van der Waals surface area contributed by atoms with Crippen molar-refractivity contribution in [1.29, 1.82) is 0 Å². The number of methoxy groups -OCH3 is 1. The number of alkyl halides is 1. The summed E-state index contributed by atoms with van der Waals surface area (Å²) < 4.78 is 24.4. The van der Waals surface area contributed by atoms with E-state index in [-0.39, 0.29) is 11.5 Å². The van der Waals surface area contributed by atoms with Gasteiger partial charge in [0.2, 0.25) is 5.79 Å². The van der Waals surface area contributed by atoms with Gasteiger partial charge in [-0.15, -0.1) is 11.6 Å². The summed E-state index contributed by atoms with van der Waals surface area (Å²) in [5.74, 6) is 1.94. The lowest BCUT2D eigenvalue weighted by atomic mass is 9.56. The molecule has 2 heterocycles. The van der Waals surface area contributed by atoms with Crippen LogP contribution < -0.4 is 9.47 Å². The molecule has 0 amide bonds. The number of benzene rings is 1. The Morgan fingerprint density at radius 1 is 1.29 bits per heavy atom. The summed E-state index contributed by atoms with van der Waals surface area (Å²) >= 11 is 6.28. The van der Waals surface area contributed by atoms with E-state index < -0.39 is 5.79 Å². The minimum Gasteiger partial charge on any atom is -0.493 e. The topological polar surface area (TPSA) is 36.9 Å². The van der Waals surface area contributed by atoms with Gasteiger partial charge in [-0.25, -0.2) is 0 Å². The predicted molar refractivity (Wildman–Crippen MR) is 90.8 cm³/mol. The maximum atomic E-state index is 6.54. The third-order valence-corrected chi connectivity index (χ3v) is 6.39. The van der Waals surface area contributed by atoms with Gasteiger partial charge in [0, 0.05) is 23.3 Å². The average Bonchev–Trinajstić information content (AvgIpc) is 3.20. The molecule has 1 unspecified atom stereocenters. The molecule has 4 aliphatic rings. The van der Waals surface area contributed by atoms with Gasteiger partial charge in [0.15, 0.2) is 17.6 Å². The Labute approximate surface area is 146 Å². The van der Waals surface area contributed by atoms with Crippen molar-refractivity contribution in [2.45, 2.75) is 36.6 Å². The zero-order valence-corrected chi connectivity index (χ0v) is 14.5. The van der Waals surface area contributed by atoms with Gasteiger partial charge in [-0.05, 0) is 30.4 Å². The molecule has 0 radical (unpaired) electrons. The van der Waals surface area contributed by atoms with Crippen molar-refractivity contribution in [3.63, 3.8) is 0 Å². The monoisotopic (exact) mass is 348 g/mol. The highest BCUT2D eigenvalue weighted by atomic mass is 35.5. The van der Waals surface area contributed by atoms with E-state index in [1.54, 1.807) is 7.11 Å². The van der Waals surface area contributed by atoms with Gasteiger partial charge in [-0.2, -0.15) is 0 Å². The highest BCUT2D eigenvalue weighted by Crippen LogP contribution is 2.64. The summed E-state index contributed by atoms with van der Waals surface area (Å²) in [4.78, 5) is 0. The molecule has 1 aromatic rings. The number of hydrogen-bond acceptors (Lipinski definition) is 4. The van der Waals surface area contributed by atoms with Crippen LogP contribution in [0.3, 0.4) is 0 Å². The second-order valence-corrected chi connectivity index (χ2v) is 7.43. The lowest BCUT2D eigenvalue weighted by Crippen LogP contribution is -2.62. The third-order valence-electron chi connectivity index (χ3n) is 6.20. The van der Waals surface area contributed by atoms with Crippen molar-refractivity contribution in [2.24, 2.45) is 5.92 Å². The van der Waals surface area contributed by atoms with Crippen molar-refractivity contribution in [2.75, 3.05) is 26.2 Å². The largest absolute Gasteiger partial charge is 0.493 e. The zero-order valence-electron chi connectivity index (χ0n) is 13.7. The van der Waals surface area contributed by atoms with E-state index in [1.807, 2.05) is 6.07 Å². The van der Waals surface area contributed by atoms with Gasteiger partial charge in [-0.1, -0.05) is 18.2 Å². The first-order valence-corrected chi connectivity index (χ1v) is 9.19. The zero-order chi connectivity index (χ0) is 16.4. The van der Waals surface area contributed by atoms with Crippen molar-refractivity contribution in [1.82, 2.24) is 0 Å². The van der Waals surface area contributed by atoms with Gasteiger partial charge in [0.05, 0.1) is 20.3 Å². The van der Waals surface area contributed by atoms with Crippen LogP contribution in [0.1, 0.15) is 30.4 Å². The molecule has 24 heavy (non-hydrogen) atoms. The Balaban J connectivity index is 1.76. The summed E-state index contributed by atoms with van der Waals surface area (Å²) in [6.45, 7) is 1.25. The Kier molecular flexibility index (Phi) is 3.22. The summed E-state index contributed by atoms with van der Waals surface area (Å²) in [6, 6.07) is 4.09. The smallest absolute Gasteiger partial charge is 0.206 e. The quantitative estimate of drug-likeness (QED) is 0.783.